The molecule has 0 bridgehead atoms. The summed E-state index contributed by atoms with van der Waals surface area (Å²) in [5.74, 6) is -1.27. The third-order valence-electron chi connectivity index (χ3n) is 2.70. The molecular formula is C14H18ClNO3. The average Bonchev–Trinajstić information content (AvgIpc) is 2.27. The average molecular weight is 284 g/mol. The van der Waals surface area contributed by atoms with Crippen molar-refractivity contribution in [3.05, 3.63) is 34.9 Å². The van der Waals surface area contributed by atoms with Crippen molar-refractivity contribution in [2.45, 2.75) is 32.7 Å². The van der Waals surface area contributed by atoms with Crippen molar-refractivity contribution in [1.29, 1.82) is 0 Å². The Morgan fingerprint density at radius 3 is 2.32 bits per heavy atom. The van der Waals surface area contributed by atoms with Crippen molar-refractivity contribution >= 4 is 23.5 Å². The summed E-state index contributed by atoms with van der Waals surface area (Å²) in [7, 11) is 0. The van der Waals surface area contributed by atoms with Gasteiger partial charge in [-0.2, -0.15) is 0 Å². The van der Waals surface area contributed by atoms with Gasteiger partial charge in [-0.15, -0.1) is 0 Å². The third-order valence-corrected chi connectivity index (χ3v) is 3.07. The molecule has 19 heavy (non-hydrogen) atoms. The molecular weight excluding hydrogens is 266 g/mol. The highest BCUT2D eigenvalue weighted by molar-refractivity contribution is 6.31. The summed E-state index contributed by atoms with van der Waals surface area (Å²) in [6.45, 7) is 5.11. The zero-order valence-corrected chi connectivity index (χ0v) is 12.1. The molecule has 0 saturated heterocycles. The lowest BCUT2D eigenvalue weighted by molar-refractivity contribution is -0.147. The van der Waals surface area contributed by atoms with Gasteiger partial charge in [0.1, 0.15) is 6.54 Å². The fourth-order valence-electron chi connectivity index (χ4n) is 1.73. The molecule has 1 N–H and O–H groups in total. The third kappa shape index (κ3) is 4.56. The molecule has 0 heterocycles. The number of benzene rings is 1. The van der Waals surface area contributed by atoms with Gasteiger partial charge in [-0.3, -0.25) is 9.59 Å². The van der Waals surface area contributed by atoms with Gasteiger partial charge in [-0.05, 0) is 32.4 Å². The first kappa shape index (κ1) is 15.5. The van der Waals surface area contributed by atoms with E-state index in [1.165, 1.54) is 4.90 Å². The molecule has 0 aliphatic rings. The van der Waals surface area contributed by atoms with Crippen molar-refractivity contribution < 1.29 is 14.7 Å². The van der Waals surface area contributed by atoms with Crippen LogP contribution in [0.4, 0.5) is 0 Å². The van der Waals surface area contributed by atoms with Gasteiger partial charge in [0, 0.05) is 10.6 Å². The number of halogens is 1. The van der Waals surface area contributed by atoms with E-state index in [-0.39, 0.29) is 18.9 Å². The van der Waals surface area contributed by atoms with Gasteiger partial charge in [0.25, 0.3) is 0 Å². The molecule has 0 spiro atoms. The van der Waals surface area contributed by atoms with E-state index in [9.17, 15) is 9.59 Å². The molecule has 1 aromatic carbocycles. The molecule has 0 aromatic heterocycles. The van der Waals surface area contributed by atoms with Crippen LogP contribution in [0.15, 0.2) is 24.3 Å². The fourth-order valence-corrected chi connectivity index (χ4v) is 1.94. The Labute approximate surface area is 118 Å². The molecule has 1 rings (SSSR count). The molecule has 5 heteroatoms. The summed E-state index contributed by atoms with van der Waals surface area (Å²) in [5.41, 5.74) is 0.158. The molecule has 0 aliphatic heterocycles. The second-order valence-electron chi connectivity index (χ2n) is 5.31. The SMILES string of the molecule is CC(C)(C)N(CC(=O)O)C(=O)Cc1ccccc1Cl. The Hall–Kier alpha value is -1.55. The maximum absolute atomic E-state index is 12.3. The number of hydrogen-bond acceptors (Lipinski definition) is 2. The highest BCUT2D eigenvalue weighted by Gasteiger charge is 2.28. The number of hydrogen-bond donors (Lipinski definition) is 1. The fraction of sp³-hybridized carbons (Fsp3) is 0.429. The predicted molar refractivity (Wildman–Crippen MR) is 74.3 cm³/mol. The maximum Gasteiger partial charge on any atom is 0.323 e. The normalized spacial score (nSPS) is 11.2. The first-order chi connectivity index (χ1) is 8.71. The van der Waals surface area contributed by atoms with Crippen LogP contribution in [-0.4, -0.2) is 34.0 Å². The Kier molecular flexibility index (Phi) is 4.95. The van der Waals surface area contributed by atoms with Crippen LogP contribution in [0.25, 0.3) is 0 Å². The molecule has 0 atom stereocenters. The highest BCUT2D eigenvalue weighted by Crippen LogP contribution is 2.19. The van der Waals surface area contributed by atoms with E-state index in [0.29, 0.717) is 10.6 Å². The van der Waals surface area contributed by atoms with Crippen LogP contribution in [0, 0.1) is 0 Å². The Morgan fingerprint density at radius 1 is 1.26 bits per heavy atom. The van der Waals surface area contributed by atoms with Gasteiger partial charge in [-0.1, -0.05) is 29.8 Å². The number of rotatable bonds is 4. The first-order valence-electron chi connectivity index (χ1n) is 5.97. The first-order valence-corrected chi connectivity index (χ1v) is 6.35. The number of aliphatic carboxylic acids is 1. The van der Waals surface area contributed by atoms with Crippen molar-refractivity contribution in [3.63, 3.8) is 0 Å². The summed E-state index contributed by atoms with van der Waals surface area (Å²) in [5, 5.41) is 9.41. The largest absolute Gasteiger partial charge is 0.480 e. The smallest absolute Gasteiger partial charge is 0.323 e. The highest BCUT2D eigenvalue weighted by atomic mass is 35.5. The number of carboxylic acid groups (broad SMARTS) is 1. The van der Waals surface area contributed by atoms with Crippen LogP contribution < -0.4 is 0 Å². The van der Waals surface area contributed by atoms with Gasteiger partial charge in [0.05, 0.1) is 6.42 Å². The van der Waals surface area contributed by atoms with E-state index >= 15 is 0 Å². The standard InChI is InChI=1S/C14H18ClNO3/c1-14(2,3)16(9-13(18)19)12(17)8-10-6-4-5-7-11(10)15/h4-7H,8-9H2,1-3H3,(H,18,19). The Morgan fingerprint density at radius 2 is 1.84 bits per heavy atom. The molecule has 0 aliphatic carbocycles. The second-order valence-corrected chi connectivity index (χ2v) is 5.72. The van der Waals surface area contributed by atoms with E-state index in [1.54, 1.807) is 45.0 Å². The van der Waals surface area contributed by atoms with Crippen molar-refractivity contribution in [3.8, 4) is 0 Å². The van der Waals surface area contributed by atoms with Crippen LogP contribution in [0.1, 0.15) is 26.3 Å². The van der Waals surface area contributed by atoms with Gasteiger partial charge in [-0.25, -0.2) is 0 Å². The number of carboxylic acids is 1. The van der Waals surface area contributed by atoms with E-state index in [4.69, 9.17) is 16.7 Å². The molecule has 1 amide bonds. The lowest BCUT2D eigenvalue weighted by atomic mass is 10.0. The lowest BCUT2D eigenvalue weighted by Gasteiger charge is -2.34. The van der Waals surface area contributed by atoms with Crippen LogP contribution >= 0.6 is 11.6 Å². The minimum atomic E-state index is -1.03. The molecule has 0 saturated carbocycles. The van der Waals surface area contributed by atoms with Crippen LogP contribution in [0.2, 0.25) is 5.02 Å². The number of carbonyl (C=O) groups is 2. The molecule has 1 aromatic rings. The predicted octanol–water partition coefficient (Wildman–Crippen LogP) is 2.59. The molecule has 104 valence electrons. The van der Waals surface area contributed by atoms with Crippen LogP contribution in [0.3, 0.4) is 0 Å². The summed E-state index contributed by atoms with van der Waals surface area (Å²) >= 11 is 6.01. The van der Waals surface area contributed by atoms with E-state index in [1.807, 2.05) is 0 Å². The van der Waals surface area contributed by atoms with Gasteiger partial charge < -0.3 is 10.0 Å². The van der Waals surface area contributed by atoms with Gasteiger partial charge in [0.2, 0.25) is 5.91 Å². The molecule has 0 fully saturated rings. The van der Waals surface area contributed by atoms with E-state index in [2.05, 4.69) is 0 Å². The quantitative estimate of drug-likeness (QED) is 0.924. The molecule has 0 radical (unpaired) electrons. The zero-order chi connectivity index (χ0) is 14.6. The Bertz CT molecular complexity index is 480. The number of carbonyl (C=O) groups excluding carboxylic acids is 1. The maximum atomic E-state index is 12.3. The molecule has 4 nitrogen and oxygen atoms in total. The van der Waals surface area contributed by atoms with Crippen LogP contribution in [0.5, 0.6) is 0 Å². The summed E-state index contributed by atoms with van der Waals surface area (Å²) in [6.07, 6.45) is 0.101. The van der Waals surface area contributed by atoms with Crippen molar-refractivity contribution in [2.24, 2.45) is 0 Å². The van der Waals surface area contributed by atoms with Crippen molar-refractivity contribution in [2.75, 3.05) is 6.54 Å². The number of amides is 1. The van der Waals surface area contributed by atoms with Crippen molar-refractivity contribution in [1.82, 2.24) is 4.90 Å². The monoisotopic (exact) mass is 283 g/mol. The molecule has 0 unspecified atom stereocenters. The minimum Gasteiger partial charge on any atom is -0.480 e. The zero-order valence-electron chi connectivity index (χ0n) is 11.3. The summed E-state index contributed by atoms with van der Waals surface area (Å²) in [4.78, 5) is 24.5. The lowest BCUT2D eigenvalue weighted by Crippen LogP contribution is -2.48. The second kappa shape index (κ2) is 6.06. The summed E-state index contributed by atoms with van der Waals surface area (Å²) in [6, 6.07) is 7.06. The van der Waals surface area contributed by atoms with E-state index in [0.717, 1.165) is 0 Å². The van der Waals surface area contributed by atoms with Crippen LogP contribution in [-0.2, 0) is 16.0 Å². The topological polar surface area (TPSA) is 57.6 Å². The Balaban J connectivity index is 2.89. The minimum absolute atomic E-state index is 0.101. The number of nitrogens with zero attached hydrogens (tertiary/aromatic N) is 1. The van der Waals surface area contributed by atoms with Gasteiger partial charge in [0.15, 0.2) is 0 Å². The summed E-state index contributed by atoms with van der Waals surface area (Å²) < 4.78 is 0. The van der Waals surface area contributed by atoms with E-state index < -0.39 is 11.5 Å². The van der Waals surface area contributed by atoms with Gasteiger partial charge >= 0.3 is 5.97 Å².